The van der Waals surface area contributed by atoms with Gasteiger partial charge in [-0.05, 0) is 6.42 Å². The van der Waals surface area contributed by atoms with E-state index in [-0.39, 0.29) is 0 Å². The Labute approximate surface area is 55.9 Å². The van der Waals surface area contributed by atoms with Crippen LogP contribution in [0.5, 0.6) is 0 Å². The van der Waals surface area contributed by atoms with Crippen molar-refractivity contribution in [2.45, 2.75) is 13.3 Å². The fraction of sp³-hybridized carbons (Fsp3) is 0.429. The van der Waals surface area contributed by atoms with Crippen molar-refractivity contribution in [3.8, 4) is 0 Å². The minimum absolute atomic E-state index is 0.605. The lowest BCUT2D eigenvalue weighted by Gasteiger charge is -1.73. The van der Waals surface area contributed by atoms with Gasteiger partial charge in [0.2, 0.25) is 0 Å². The average molecular weight is 131 g/mol. The van der Waals surface area contributed by atoms with Gasteiger partial charge < -0.3 is 0 Å². The highest BCUT2D eigenvalue weighted by molar-refractivity contribution is 6.18. The maximum Gasteiger partial charge on any atom is 0.0407 e. The summed E-state index contributed by atoms with van der Waals surface area (Å²) in [4.78, 5) is 0. The molecule has 0 heterocycles. The van der Waals surface area contributed by atoms with Crippen molar-refractivity contribution in [3.63, 3.8) is 0 Å². The predicted octanol–water partition coefficient (Wildman–Crippen LogP) is 2.75. The molecular formula is C7H11Cl. The summed E-state index contributed by atoms with van der Waals surface area (Å²) in [6.45, 7) is 2.10. The molecule has 0 fully saturated rings. The van der Waals surface area contributed by atoms with Gasteiger partial charge in [-0.2, -0.15) is 0 Å². The minimum Gasteiger partial charge on any atom is -0.122 e. The Morgan fingerprint density at radius 1 is 1.25 bits per heavy atom. The second-order valence-corrected chi connectivity index (χ2v) is 1.73. The van der Waals surface area contributed by atoms with Crippen LogP contribution in [-0.2, 0) is 0 Å². The molecule has 46 valence electrons. The van der Waals surface area contributed by atoms with Gasteiger partial charge in [0.05, 0.1) is 0 Å². The van der Waals surface area contributed by atoms with Crippen LogP contribution >= 0.6 is 11.6 Å². The van der Waals surface area contributed by atoms with E-state index in [1.54, 1.807) is 0 Å². The predicted molar refractivity (Wildman–Crippen MR) is 39.3 cm³/mol. The van der Waals surface area contributed by atoms with Crippen LogP contribution in [0.3, 0.4) is 0 Å². The van der Waals surface area contributed by atoms with E-state index >= 15 is 0 Å². The Balaban J connectivity index is 3.13. The highest BCUT2D eigenvalue weighted by Crippen LogP contribution is 1.82. The normalized spacial score (nSPS) is 11.8. The summed E-state index contributed by atoms with van der Waals surface area (Å²) in [5.41, 5.74) is 0. The zero-order chi connectivity index (χ0) is 6.24. The van der Waals surface area contributed by atoms with E-state index in [9.17, 15) is 0 Å². The fourth-order valence-corrected chi connectivity index (χ4v) is 0.448. The molecule has 0 spiro atoms. The SMILES string of the molecule is CCC=CC=CCCl. The molecule has 0 bridgehead atoms. The van der Waals surface area contributed by atoms with E-state index in [1.807, 2.05) is 18.2 Å². The van der Waals surface area contributed by atoms with Crippen LogP contribution in [0.2, 0.25) is 0 Å². The van der Waals surface area contributed by atoms with E-state index in [0.29, 0.717) is 5.88 Å². The van der Waals surface area contributed by atoms with Crippen LogP contribution in [0.25, 0.3) is 0 Å². The van der Waals surface area contributed by atoms with Crippen LogP contribution in [0.15, 0.2) is 24.3 Å². The molecule has 0 aliphatic heterocycles. The van der Waals surface area contributed by atoms with Crippen molar-refractivity contribution < 1.29 is 0 Å². The van der Waals surface area contributed by atoms with Crippen LogP contribution in [-0.4, -0.2) is 5.88 Å². The molecule has 0 nitrogen and oxygen atoms in total. The van der Waals surface area contributed by atoms with Crippen molar-refractivity contribution in [1.29, 1.82) is 0 Å². The lowest BCUT2D eigenvalue weighted by atomic mass is 10.4. The largest absolute Gasteiger partial charge is 0.122 e. The molecule has 0 saturated heterocycles. The number of hydrogen-bond donors (Lipinski definition) is 0. The first-order chi connectivity index (χ1) is 3.91. The van der Waals surface area contributed by atoms with E-state index < -0.39 is 0 Å². The minimum atomic E-state index is 0.605. The summed E-state index contributed by atoms with van der Waals surface area (Å²) < 4.78 is 0. The number of halogens is 1. The molecule has 0 rings (SSSR count). The molecule has 0 aromatic rings. The van der Waals surface area contributed by atoms with Gasteiger partial charge in [0, 0.05) is 5.88 Å². The molecule has 0 amide bonds. The first-order valence-corrected chi connectivity index (χ1v) is 3.33. The Morgan fingerprint density at radius 3 is 2.38 bits per heavy atom. The van der Waals surface area contributed by atoms with Gasteiger partial charge in [0.25, 0.3) is 0 Å². The van der Waals surface area contributed by atoms with Crippen molar-refractivity contribution in [3.05, 3.63) is 24.3 Å². The smallest absolute Gasteiger partial charge is 0.0407 e. The second kappa shape index (κ2) is 6.77. The average Bonchev–Trinajstić information content (AvgIpc) is 1.81. The molecule has 0 radical (unpaired) electrons. The Bertz CT molecular complexity index is 70.4. The fourth-order valence-electron chi connectivity index (χ4n) is 0.345. The highest BCUT2D eigenvalue weighted by Gasteiger charge is 1.63. The molecule has 0 atom stereocenters. The maximum absolute atomic E-state index is 5.36. The zero-order valence-electron chi connectivity index (χ0n) is 5.10. The van der Waals surface area contributed by atoms with E-state index in [4.69, 9.17) is 11.6 Å². The molecule has 0 aromatic heterocycles. The Kier molecular flexibility index (Phi) is 6.58. The van der Waals surface area contributed by atoms with Gasteiger partial charge in [-0.15, -0.1) is 11.6 Å². The van der Waals surface area contributed by atoms with Crippen molar-refractivity contribution >= 4 is 11.6 Å². The second-order valence-electron chi connectivity index (χ2n) is 1.42. The molecule has 0 aromatic carbocycles. The van der Waals surface area contributed by atoms with Crippen molar-refractivity contribution in [2.75, 3.05) is 5.88 Å². The summed E-state index contributed by atoms with van der Waals surface area (Å²) in [5.74, 6) is 0.605. The zero-order valence-corrected chi connectivity index (χ0v) is 5.86. The quantitative estimate of drug-likeness (QED) is 0.407. The molecule has 1 heteroatoms. The molecule has 0 saturated carbocycles. The third-order valence-electron chi connectivity index (χ3n) is 0.708. The van der Waals surface area contributed by atoms with Crippen LogP contribution in [0.4, 0.5) is 0 Å². The number of rotatable bonds is 3. The lowest BCUT2D eigenvalue weighted by Crippen LogP contribution is -1.56. The third kappa shape index (κ3) is 5.77. The number of allylic oxidation sites excluding steroid dienone is 4. The molecule has 0 aliphatic carbocycles. The van der Waals surface area contributed by atoms with Gasteiger partial charge in [-0.3, -0.25) is 0 Å². The Morgan fingerprint density at radius 2 is 1.88 bits per heavy atom. The van der Waals surface area contributed by atoms with Gasteiger partial charge in [0.15, 0.2) is 0 Å². The van der Waals surface area contributed by atoms with Gasteiger partial charge >= 0.3 is 0 Å². The standard InChI is InChI=1S/C7H11Cl/c1-2-3-4-5-6-7-8/h3-6H,2,7H2,1H3. The maximum atomic E-state index is 5.36. The van der Waals surface area contributed by atoms with Crippen LogP contribution < -0.4 is 0 Å². The van der Waals surface area contributed by atoms with E-state index in [2.05, 4.69) is 13.0 Å². The summed E-state index contributed by atoms with van der Waals surface area (Å²) in [6, 6.07) is 0. The summed E-state index contributed by atoms with van der Waals surface area (Å²) in [5, 5.41) is 0. The van der Waals surface area contributed by atoms with Crippen LogP contribution in [0, 0.1) is 0 Å². The molecule has 0 N–H and O–H groups in total. The summed E-state index contributed by atoms with van der Waals surface area (Å²) >= 11 is 5.36. The molecule has 0 aliphatic rings. The molecular weight excluding hydrogens is 120 g/mol. The van der Waals surface area contributed by atoms with Crippen molar-refractivity contribution in [1.82, 2.24) is 0 Å². The van der Waals surface area contributed by atoms with Crippen LogP contribution in [0.1, 0.15) is 13.3 Å². The monoisotopic (exact) mass is 130 g/mol. The summed E-state index contributed by atoms with van der Waals surface area (Å²) in [6.07, 6.45) is 9.04. The van der Waals surface area contributed by atoms with E-state index in [0.717, 1.165) is 6.42 Å². The summed E-state index contributed by atoms with van der Waals surface area (Å²) in [7, 11) is 0. The van der Waals surface area contributed by atoms with Gasteiger partial charge in [0.1, 0.15) is 0 Å². The lowest BCUT2D eigenvalue weighted by molar-refractivity contribution is 1.22. The third-order valence-corrected chi connectivity index (χ3v) is 0.886. The molecule has 0 unspecified atom stereocenters. The number of hydrogen-bond acceptors (Lipinski definition) is 0. The Hall–Kier alpha value is -0.230. The van der Waals surface area contributed by atoms with E-state index in [1.165, 1.54) is 0 Å². The van der Waals surface area contributed by atoms with Gasteiger partial charge in [-0.25, -0.2) is 0 Å². The first-order valence-electron chi connectivity index (χ1n) is 2.79. The topological polar surface area (TPSA) is 0 Å². The first kappa shape index (κ1) is 7.77. The highest BCUT2D eigenvalue weighted by atomic mass is 35.5. The number of alkyl halides is 1. The molecule has 8 heavy (non-hydrogen) atoms. The van der Waals surface area contributed by atoms with Crippen molar-refractivity contribution in [2.24, 2.45) is 0 Å². The van der Waals surface area contributed by atoms with Gasteiger partial charge in [-0.1, -0.05) is 31.2 Å².